The number of anilines is 2. The Morgan fingerprint density at radius 2 is 1.60 bits per heavy atom. The molecule has 1 heterocycles. The van der Waals surface area contributed by atoms with Gasteiger partial charge in [0.25, 0.3) is 15.9 Å². The SMILES string of the molecule is CCOc1ccc(S(=O)(=O)N(C)c2ccc(OCC(=O)OCC(=O)Nc3nc4c(C)cc(C)cc4s3)cc2)cc1. The molecule has 10 nitrogen and oxygen atoms in total. The standard InChI is InChI=1S/C28H29N3O7S2/c1-5-36-21-10-12-23(13-11-21)40(34,35)31(4)20-6-8-22(9-7-20)37-17-26(33)38-16-25(32)29-28-30-27-19(3)14-18(2)15-24(27)39-28/h6-15H,5,16-17H2,1-4H3,(H,29,30,32). The lowest BCUT2D eigenvalue weighted by Crippen LogP contribution is -2.26. The fraction of sp³-hybridized carbons (Fsp3) is 0.250. The van der Waals surface area contributed by atoms with Gasteiger partial charge in [-0.3, -0.25) is 14.4 Å². The number of hydrogen-bond donors (Lipinski definition) is 1. The third kappa shape index (κ3) is 6.88. The van der Waals surface area contributed by atoms with Crippen molar-refractivity contribution in [3.8, 4) is 11.5 Å². The highest BCUT2D eigenvalue weighted by atomic mass is 32.2. The number of nitrogens with one attached hydrogen (secondary N) is 1. The molecule has 4 aromatic rings. The van der Waals surface area contributed by atoms with Crippen molar-refractivity contribution in [2.24, 2.45) is 0 Å². The van der Waals surface area contributed by atoms with E-state index in [-0.39, 0.29) is 4.90 Å². The van der Waals surface area contributed by atoms with Crippen molar-refractivity contribution < 1.29 is 32.2 Å². The largest absolute Gasteiger partial charge is 0.494 e. The second-order valence-corrected chi connectivity index (χ2v) is 11.8. The molecule has 0 saturated heterocycles. The molecule has 0 aliphatic heterocycles. The number of fused-ring (bicyclic) bond motifs is 1. The van der Waals surface area contributed by atoms with Crippen molar-refractivity contribution in [1.82, 2.24) is 4.98 Å². The van der Waals surface area contributed by atoms with Gasteiger partial charge in [0.15, 0.2) is 18.3 Å². The van der Waals surface area contributed by atoms with E-state index >= 15 is 0 Å². The van der Waals surface area contributed by atoms with Crippen molar-refractivity contribution in [3.05, 3.63) is 71.8 Å². The van der Waals surface area contributed by atoms with Crippen molar-refractivity contribution in [2.75, 3.05) is 36.5 Å². The van der Waals surface area contributed by atoms with E-state index in [4.69, 9.17) is 14.2 Å². The van der Waals surface area contributed by atoms with Crippen LogP contribution >= 0.6 is 11.3 Å². The maximum atomic E-state index is 13.0. The van der Waals surface area contributed by atoms with Crippen LogP contribution in [0.5, 0.6) is 11.5 Å². The summed E-state index contributed by atoms with van der Waals surface area (Å²) in [5.41, 5.74) is 3.35. The molecule has 12 heteroatoms. The Morgan fingerprint density at radius 3 is 2.27 bits per heavy atom. The van der Waals surface area contributed by atoms with Gasteiger partial charge in [-0.1, -0.05) is 17.4 Å². The zero-order valence-electron chi connectivity index (χ0n) is 22.5. The van der Waals surface area contributed by atoms with Crippen molar-refractivity contribution >= 4 is 54.3 Å². The van der Waals surface area contributed by atoms with E-state index in [1.54, 1.807) is 24.3 Å². The molecule has 0 spiro atoms. The summed E-state index contributed by atoms with van der Waals surface area (Å²) in [6.45, 7) is 5.38. The highest BCUT2D eigenvalue weighted by Gasteiger charge is 2.21. The molecule has 4 rings (SSSR count). The Hall–Kier alpha value is -4.16. The Labute approximate surface area is 236 Å². The second-order valence-electron chi connectivity index (χ2n) is 8.82. The highest BCUT2D eigenvalue weighted by Crippen LogP contribution is 2.29. The lowest BCUT2D eigenvalue weighted by Gasteiger charge is -2.20. The molecule has 210 valence electrons. The molecular formula is C28H29N3O7S2. The van der Waals surface area contributed by atoms with E-state index in [2.05, 4.69) is 10.3 Å². The third-order valence-corrected chi connectivity index (χ3v) is 8.51. The van der Waals surface area contributed by atoms with Gasteiger partial charge in [0.05, 0.1) is 27.4 Å². The molecule has 0 radical (unpaired) electrons. The molecule has 0 fully saturated rings. The number of thiazole rings is 1. The molecule has 1 amide bonds. The number of carbonyl (C=O) groups excluding carboxylic acids is 2. The number of benzene rings is 3. The molecule has 0 aliphatic carbocycles. The van der Waals surface area contributed by atoms with E-state index < -0.39 is 35.1 Å². The van der Waals surface area contributed by atoms with E-state index in [0.29, 0.717) is 28.9 Å². The topological polar surface area (TPSA) is 124 Å². The fourth-order valence-corrected chi connectivity index (χ4v) is 6.09. The van der Waals surface area contributed by atoms with Crippen molar-refractivity contribution in [2.45, 2.75) is 25.7 Å². The summed E-state index contributed by atoms with van der Waals surface area (Å²) in [5, 5.41) is 3.07. The van der Waals surface area contributed by atoms with Crippen molar-refractivity contribution in [1.29, 1.82) is 0 Å². The number of nitrogens with zero attached hydrogens (tertiary/aromatic N) is 2. The molecule has 0 saturated carbocycles. The van der Waals surface area contributed by atoms with Crippen LogP contribution in [0.15, 0.2) is 65.6 Å². The number of ether oxygens (including phenoxy) is 3. The van der Waals surface area contributed by atoms with E-state index in [1.807, 2.05) is 32.9 Å². The minimum absolute atomic E-state index is 0.124. The average Bonchev–Trinajstić information content (AvgIpc) is 3.33. The first-order valence-corrected chi connectivity index (χ1v) is 14.6. The number of carbonyl (C=O) groups is 2. The lowest BCUT2D eigenvalue weighted by molar-refractivity contribution is -0.149. The predicted octanol–water partition coefficient (Wildman–Crippen LogP) is 4.70. The van der Waals surface area contributed by atoms with Gasteiger partial charge in [-0.05, 0) is 86.5 Å². The second kappa shape index (κ2) is 12.3. The summed E-state index contributed by atoms with van der Waals surface area (Å²) in [6.07, 6.45) is 0. The quantitative estimate of drug-likeness (QED) is 0.252. The van der Waals surface area contributed by atoms with E-state index in [1.165, 1.54) is 42.6 Å². The molecular weight excluding hydrogens is 554 g/mol. The summed E-state index contributed by atoms with van der Waals surface area (Å²) in [4.78, 5) is 28.9. The number of amides is 1. The Balaban J connectivity index is 1.26. The van der Waals surface area contributed by atoms with Gasteiger partial charge in [0, 0.05) is 7.05 Å². The Kier molecular flexibility index (Phi) is 8.90. The first-order chi connectivity index (χ1) is 19.1. The molecule has 0 unspecified atom stereocenters. The summed E-state index contributed by atoms with van der Waals surface area (Å²) >= 11 is 1.35. The minimum Gasteiger partial charge on any atom is -0.494 e. The number of esters is 1. The monoisotopic (exact) mass is 583 g/mol. The smallest absolute Gasteiger partial charge is 0.344 e. The van der Waals surface area contributed by atoms with Crippen LogP contribution in [0.25, 0.3) is 10.2 Å². The van der Waals surface area contributed by atoms with Gasteiger partial charge in [0.1, 0.15) is 11.5 Å². The van der Waals surface area contributed by atoms with Crippen LogP contribution < -0.4 is 19.1 Å². The molecule has 1 aromatic heterocycles. The average molecular weight is 584 g/mol. The molecule has 3 aromatic carbocycles. The fourth-order valence-electron chi connectivity index (χ4n) is 3.83. The summed E-state index contributed by atoms with van der Waals surface area (Å²) < 4.78 is 43.8. The highest BCUT2D eigenvalue weighted by molar-refractivity contribution is 7.92. The lowest BCUT2D eigenvalue weighted by atomic mass is 10.1. The van der Waals surface area contributed by atoms with Gasteiger partial charge in [0.2, 0.25) is 0 Å². The number of aryl methyl sites for hydroxylation is 2. The van der Waals surface area contributed by atoms with Gasteiger partial charge >= 0.3 is 5.97 Å². The Morgan fingerprint density at radius 1 is 0.950 bits per heavy atom. The van der Waals surface area contributed by atoms with Gasteiger partial charge < -0.3 is 14.2 Å². The number of hydrogen-bond acceptors (Lipinski definition) is 9. The van der Waals surface area contributed by atoms with Gasteiger partial charge in [-0.2, -0.15) is 0 Å². The van der Waals surface area contributed by atoms with Crippen LogP contribution in [-0.2, 0) is 24.3 Å². The Bertz CT molecular complexity index is 1620. The molecule has 0 bridgehead atoms. The van der Waals surface area contributed by atoms with Crippen LogP contribution in [0.4, 0.5) is 10.8 Å². The number of aromatic nitrogens is 1. The minimum atomic E-state index is -3.79. The van der Waals surface area contributed by atoms with E-state index in [9.17, 15) is 18.0 Å². The van der Waals surface area contributed by atoms with Gasteiger partial charge in [-0.25, -0.2) is 18.2 Å². The van der Waals surface area contributed by atoms with Crippen LogP contribution in [0, 0.1) is 13.8 Å². The summed E-state index contributed by atoms with van der Waals surface area (Å²) in [7, 11) is -2.35. The molecule has 0 aliphatic rings. The van der Waals surface area contributed by atoms with Crippen LogP contribution in [-0.4, -0.2) is 52.1 Å². The van der Waals surface area contributed by atoms with E-state index in [0.717, 1.165) is 25.6 Å². The summed E-state index contributed by atoms with van der Waals surface area (Å²) in [6, 6.07) is 16.4. The third-order valence-electron chi connectivity index (χ3n) is 5.79. The zero-order chi connectivity index (χ0) is 28.9. The molecule has 0 atom stereocenters. The maximum absolute atomic E-state index is 13.0. The first kappa shape index (κ1) is 28.8. The summed E-state index contributed by atoms with van der Waals surface area (Å²) in [5.74, 6) is -0.326. The molecule has 1 N–H and O–H groups in total. The number of rotatable bonds is 11. The van der Waals surface area contributed by atoms with Crippen LogP contribution in [0.1, 0.15) is 18.1 Å². The van der Waals surface area contributed by atoms with Crippen molar-refractivity contribution in [3.63, 3.8) is 0 Å². The normalized spacial score (nSPS) is 11.2. The first-order valence-electron chi connectivity index (χ1n) is 12.3. The van der Waals surface area contributed by atoms with Gasteiger partial charge in [-0.15, -0.1) is 0 Å². The predicted molar refractivity (Wildman–Crippen MR) is 154 cm³/mol. The zero-order valence-corrected chi connectivity index (χ0v) is 24.1. The maximum Gasteiger partial charge on any atom is 0.344 e. The van der Waals surface area contributed by atoms with Crippen LogP contribution in [0.2, 0.25) is 0 Å². The number of sulfonamides is 1. The molecule has 40 heavy (non-hydrogen) atoms. The van der Waals surface area contributed by atoms with Crippen LogP contribution in [0.3, 0.4) is 0 Å².